The van der Waals surface area contributed by atoms with Crippen molar-refractivity contribution in [2.75, 3.05) is 13.1 Å². The zero-order chi connectivity index (χ0) is 19.3. The third-order valence-electron chi connectivity index (χ3n) is 3.70. The SMILES string of the molecule is CCN(CC)C(=O)c1ccc(S(=O)(=O)Oc2ccc(C#N)cc2Cl)cc1. The Balaban J connectivity index is 2.25. The summed E-state index contributed by atoms with van der Waals surface area (Å²) in [6.07, 6.45) is 0. The van der Waals surface area contributed by atoms with E-state index in [0.717, 1.165) is 0 Å². The number of carbonyl (C=O) groups excluding carboxylic acids is 1. The second-order valence-electron chi connectivity index (χ2n) is 5.30. The smallest absolute Gasteiger partial charge is 0.339 e. The first-order valence-electron chi connectivity index (χ1n) is 7.85. The van der Waals surface area contributed by atoms with Gasteiger partial charge in [0, 0.05) is 18.7 Å². The van der Waals surface area contributed by atoms with Crippen LogP contribution in [0, 0.1) is 11.3 Å². The van der Waals surface area contributed by atoms with Gasteiger partial charge in [0.2, 0.25) is 0 Å². The molecule has 0 spiro atoms. The van der Waals surface area contributed by atoms with E-state index in [2.05, 4.69) is 0 Å². The summed E-state index contributed by atoms with van der Waals surface area (Å²) in [5.41, 5.74) is 0.683. The Kier molecular flexibility index (Phi) is 6.24. The first-order chi connectivity index (χ1) is 12.3. The predicted octanol–water partition coefficient (Wildman–Crippen LogP) is 3.46. The Labute approximate surface area is 157 Å². The molecule has 0 bridgehead atoms. The van der Waals surface area contributed by atoms with Gasteiger partial charge < -0.3 is 9.08 Å². The molecule has 8 heteroatoms. The highest BCUT2D eigenvalue weighted by Gasteiger charge is 2.20. The number of amides is 1. The van der Waals surface area contributed by atoms with Crippen LogP contribution in [0.25, 0.3) is 0 Å². The van der Waals surface area contributed by atoms with Gasteiger partial charge in [-0.05, 0) is 56.3 Å². The van der Waals surface area contributed by atoms with Gasteiger partial charge in [0.15, 0.2) is 5.75 Å². The minimum Gasteiger partial charge on any atom is -0.377 e. The molecule has 0 aliphatic carbocycles. The van der Waals surface area contributed by atoms with Crippen molar-refractivity contribution < 1.29 is 17.4 Å². The lowest BCUT2D eigenvalue weighted by Crippen LogP contribution is -2.30. The molecule has 2 rings (SSSR count). The average molecular weight is 393 g/mol. The summed E-state index contributed by atoms with van der Waals surface area (Å²) in [4.78, 5) is 13.8. The van der Waals surface area contributed by atoms with Crippen molar-refractivity contribution in [1.82, 2.24) is 4.90 Å². The molecule has 136 valence electrons. The molecule has 0 saturated heterocycles. The highest BCUT2D eigenvalue weighted by molar-refractivity contribution is 7.87. The van der Waals surface area contributed by atoms with Crippen molar-refractivity contribution in [1.29, 1.82) is 5.26 Å². The molecule has 0 unspecified atom stereocenters. The summed E-state index contributed by atoms with van der Waals surface area (Å²) in [5, 5.41) is 8.83. The van der Waals surface area contributed by atoms with Gasteiger partial charge >= 0.3 is 10.1 Å². The highest BCUT2D eigenvalue weighted by atomic mass is 35.5. The normalized spacial score (nSPS) is 10.8. The van der Waals surface area contributed by atoms with Crippen LogP contribution in [0.1, 0.15) is 29.8 Å². The van der Waals surface area contributed by atoms with Crippen LogP contribution in [-0.4, -0.2) is 32.3 Å². The molecule has 0 fully saturated rings. The Bertz CT molecular complexity index is 946. The number of rotatable bonds is 6. The molecule has 0 N–H and O–H groups in total. The lowest BCUT2D eigenvalue weighted by Gasteiger charge is -2.18. The molecule has 0 aliphatic rings. The number of hydrogen-bond acceptors (Lipinski definition) is 5. The van der Waals surface area contributed by atoms with Crippen LogP contribution in [0.4, 0.5) is 0 Å². The molecule has 1 amide bonds. The maximum absolute atomic E-state index is 12.4. The topological polar surface area (TPSA) is 87.5 Å². The van der Waals surface area contributed by atoms with E-state index in [0.29, 0.717) is 24.2 Å². The number of benzene rings is 2. The number of hydrogen-bond donors (Lipinski definition) is 0. The van der Waals surface area contributed by atoms with Gasteiger partial charge in [-0.2, -0.15) is 13.7 Å². The van der Waals surface area contributed by atoms with Gasteiger partial charge in [0.25, 0.3) is 5.91 Å². The lowest BCUT2D eigenvalue weighted by atomic mass is 10.2. The van der Waals surface area contributed by atoms with Crippen LogP contribution >= 0.6 is 11.6 Å². The van der Waals surface area contributed by atoms with E-state index in [1.165, 1.54) is 42.5 Å². The molecule has 0 radical (unpaired) electrons. The zero-order valence-electron chi connectivity index (χ0n) is 14.3. The minimum absolute atomic E-state index is 0.0148. The molecule has 26 heavy (non-hydrogen) atoms. The molecule has 6 nitrogen and oxygen atoms in total. The van der Waals surface area contributed by atoms with E-state index in [-0.39, 0.29) is 21.6 Å². The van der Waals surface area contributed by atoms with E-state index in [9.17, 15) is 13.2 Å². The molecule has 0 saturated carbocycles. The average Bonchev–Trinajstić information content (AvgIpc) is 2.64. The van der Waals surface area contributed by atoms with Gasteiger partial charge in [0.1, 0.15) is 4.90 Å². The minimum atomic E-state index is -4.12. The van der Waals surface area contributed by atoms with Crippen LogP contribution < -0.4 is 4.18 Å². The number of nitrogens with zero attached hydrogens (tertiary/aromatic N) is 2. The maximum Gasteiger partial charge on any atom is 0.339 e. The van der Waals surface area contributed by atoms with Crippen LogP contribution in [0.2, 0.25) is 5.02 Å². The van der Waals surface area contributed by atoms with E-state index in [1.807, 2.05) is 19.9 Å². The van der Waals surface area contributed by atoms with Crippen molar-refractivity contribution in [2.24, 2.45) is 0 Å². The Morgan fingerprint density at radius 2 is 1.77 bits per heavy atom. The predicted molar refractivity (Wildman–Crippen MR) is 97.7 cm³/mol. The van der Waals surface area contributed by atoms with Gasteiger partial charge in [0.05, 0.1) is 16.7 Å². The lowest BCUT2D eigenvalue weighted by molar-refractivity contribution is 0.0773. The molecule has 0 aliphatic heterocycles. The molecular weight excluding hydrogens is 376 g/mol. The Hall–Kier alpha value is -2.56. The molecular formula is C18H17ClN2O4S. The van der Waals surface area contributed by atoms with Crippen LogP contribution in [0.3, 0.4) is 0 Å². The summed E-state index contributed by atoms with van der Waals surface area (Å²) in [6.45, 7) is 4.87. The quantitative estimate of drug-likeness (QED) is 0.702. The Morgan fingerprint density at radius 1 is 1.15 bits per heavy atom. The fourth-order valence-corrected chi connectivity index (χ4v) is 3.47. The Morgan fingerprint density at radius 3 is 2.27 bits per heavy atom. The van der Waals surface area contributed by atoms with Gasteiger partial charge in [-0.3, -0.25) is 4.79 Å². The standard InChI is InChI=1S/C18H17ClN2O4S/c1-3-21(4-2)18(22)14-6-8-15(9-7-14)26(23,24)25-17-10-5-13(12-20)11-16(17)19/h5-11H,3-4H2,1-2H3. The van der Waals surface area contributed by atoms with E-state index < -0.39 is 10.1 Å². The van der Waals surface area contributed by atoms with E-state index in [1.54, 1.807) is 4.90 Å². The number of nitriles is 1. The summed E-state index contributed by atoms with van der Waals surface area (Å²) >= 11 is 5.94. The zero-order valence-corrected chi connectivity index (χ0v) is 15.8. The first kappa shape index (κ1) is 19.8. The van der Waals surface area contributed by atoms with Gasteiger partial charge in [-0.1, -0.05) is 11.6 Å². The first-order valence-corrected chi connectivity index (χ1v) is 9.64. The monoisotopic (exact) mass is 392 g/mol. The summed E-state index contributed by atoms with van der Waals surface area (Å²) in [6, 6.07) is 11.4. The maximum atomic E-state index is 12.4. The van der Waals surface area contributed by atoms with Crippen molar-refractivity contribution in [3.8, 4) is 11.8 Å². The van der Waals surface area contributed by atoms with E-state index >= 15 is 0 Å². The van der Waals surface area contributed by atoms with Crippen molar-refractivity contribution in [2.45, 2.75) is 18.7 Å². The van der Waals surface area contributed by atoms with Gasteiger partial charge in [-0.15, -0.1) is 0 Å². The van der Waals surface area contributed by atoms with Crippen LogP contribution in [0.15, 0.2) is 47.4 Å². The molecule has 0 heterocycles. The second-order valence-corrected chi connectivity index (χ2v) is 7.25. The van der Waals surface area contributed by atoms with Crippen LogP contribution in [-0.2, 0) is 10.1 Å². The van der Waals surface area contributed by atoms with Crippen molar-refractivity contribution >= 4 is 27.6 Å². The largest absolute Gasteiger partial charge is 0.377 e. The van der Waals surface area contributed by atoms with Gasteiger partial charge in [-0.25, -0.2) is 0 Å². The molecule has 2 aromatic carbocycles. The molecule has 0 aromatic heterocycles. The molecule has 2 aromatic rings. The van der Waals surface area contributed by atoms with E-state index in [4.69, 9.17) is 21.0 Å². The number of carbonyl (C=O) groups is 1. The highest BCUT2D eigenvalue weighted by Crippen LogP contribution is 2.28. The third kappa shape index (κ3) is 4.34. The van der Waals surface area contributed by atoms with Crippen molar-refractivity contribution in [3.05, 3.63) is 58.6 Å². The molecule has 0 atom stereocenters. The summed E-state index contributed by atoms with van der Waals surface area (Å²) in [5.74, 6) is -0.246. The summed E-state index contributed by atoms with van der Waals surface area (Å²) in [7, 11) is -4.12. The fourth-order valence-electron chi connectivity index (χ4n) is 2.26. The second kappa shape index (κ2) is 8.21. The van der Waals surface area contributed by atoms with Crippen molar-refractivity contribution in [3.63, 3.8) is 0 Å². The fraction of sp³-hybridized carbons (Fsp3) is 0.222. The summed E-state index contributed by atoms with van der Waals surface area (Å²) < 4.78 is 29.8. The number of halogens is 1. The van der Waals surface area contributed by atoms with Crippen LogP contribution in [0.5, 0.6) is 5.75 Å². The third-order valence-corrected chi connectivity index (χ3v) is 5.24.